The lowest BCUT2D eigenvalue weighted by Gasteiger charge is -2.22. The zero-order chi connectivity index (χ0) is 24.2. The summed E-state index contributed by atoms with van der Waals surface area (Å²) in [6, 6.07) is 14.6. The number of rotatable bonds is 10. The molecular formula is C27H27N3O3. The molecule has 2 aromatic rings. The van der Waals surface area contributed by atoms with Gasteiger partial charge in [-0.2, -0.15) is 5.26 Å². The number of nitriles is 1. The first kappa shape index (κ1) is 25.0. The average molecular weight is 442 g/mol. The van der Waals surface area contributed by atoms with E-state index in [1.54, 1.807) is 43.3 Å². The van der Waals surface area contributed by atoms with Crippen LogP contribution in [0, 0.1) is 23.7 Å². The quantitative estimate of drug-likeness (QED) is 0.176. The van der Waals surface area contributed by atoms with Crippen LogP contribution < -0.4 is 14.5 Å². The summed E-state index contributed by atoms with van der Waals surface area (Å²) >= 11 is 0. The van der Waals surface area contributed by atoms with Gasteiger partial charge in [-0.1, -0.05) is 24.1 Å². The van der Waals surface area contributed by atoms with Gasteiger partial charge in [0.15, 0.2) is 0 Å². The van der Waals surface area contributed by atoms with Crippen LogP contribution in [0.15, 0.2) is 54.6 Å². The molecule has 6 heteroatoms. The van der Waals surface area contributed by atoms with E-state index in [2.05, 4.69) is 30.7 Å². The van der Waals surface area contributed by atoms with Crippen molar-refractivity contribution in [2.75, 3.05) is 29.5 Å². The Hall–Kier alpha value is -4.29. The molecule has 6 nitrogen and oxygen atoms in total. The lowest BCUT2D eigenvalue weighted by Crippen LogP contribution is -2.27. The molecule has 0 radical (unpaired) electrons. The largest absolute Gasteiger partial charge is 0.480 e. The molecule has 0 aliphatic heterocycles. The van der Waals surface area contributed by atoms with Crippen LogP contribution >= 0.6 is 0 Å². The second-order valence-electron chi connectivity index (χ2n) is 6.92. The predicted octanol–water partition coefficient (Wildman–Crippen LogP) is 4.67. The Balaban J connectivity index is 2.43. The molecule has 0 N–H and O–H groups in total. The third kappa shape index (κ3) is 6.35. The number of ether oxygens (including phenoxy) is 1. The van der Waals surface area contributed by atoms with Crippen molar-refractivity contribution < 1.29 is 14.3 Å². The molecule has 2 aromatic carbocycles. The number of amides is 2. The Morgan fingerprint density at radius 1 is 1.12 bits per heavy atom. The summed E-state index contributed by atoms with van der Waals surface area (Å²) in [5.74, 6) is 2.62. The number of hydrogen-bond acceptors (Lipinski definition) is 5. The van der Waals surface area contributed by atoms with E-state index < -0.39 is 5.91 Å². The Morgan fingerprint density at radius 3 is 2.33 bits per heavy atom. The third-order valence-electron chi connectivity index (χ3n) is 4.97. The molecule has 0 aromatic heterocycles. The predicted molar refractivity (Wildman–Crippen MR) is 133 cm³/mol. The maximum atomic E-state index is 12.0. The molecule has 0 heterocycles. The Labute approximate surface area is 195 Å². The fourth-order valence-corrected chi connectivity index (χ4v) is 3.27. The van der Waals surface area contributed by atoms with Crippen LogP contribution in [0.5, 0.6) is 5.75 Å². The van der Waals surface area contributed by atoms with Crippen molar-refractivity contribution in [3.63, 3.8) is 0 Å². The van der Waals surface area contributed by atoms with E-state index in [1.807, 2.05) is 18.2 Å². The highest BCUT2D eigenvalue weighted by molar-refractivity contribution is 6.12. The topological polar surface area (TPSA) is 73.6 Å². The number of benzene rings is 2. The number of terminal acetylenes is 1. The molecule has 2 rings (SSSR count). The number of hydrogen-bond donors (Lipinski definition) is 0. The molecule has 0 bridgehead atoms. The smallest absolute Gasteiger partial charge is 0.257 e. The van der Waals surface area contributed by atoms with E-state index in [-0.39, 0.29) is 6.61 Å². The fourth-order valence-electron chi connectivity index (χ4n) is 3.27. The van der Waals surface area contributed by atoms with Crippen molar-refractivity contribution in [2.45, 2.75) is 20.8 Å². The Kier molecular flexibility index (Phi) is 9.49. The summed E-state index contributed by atoms with van der Waals surface area (Å²) in [4.78, 5) is 26.6. The molecule has 168 valence electrons. The number of carbonyl (C=O) groups excluding carboxylic acids is 2. The number of anilines is 2. The zero-order valence-electron chi connectivity index (χ0n) is 19.1. The van der Waals surface area contributed by atoms with Gasteiger partial charge in [0.25, 0.3) is 5.91 Å². The summed E-state index contributed by atoms with van der Waals surface area (Å²) in [7, 11) is 0. The van der Waals surface area contributed by atoms with E-state index in [1.165, 1.54) is 6.08 Å². The fraction of sp³-hybridized carbons (Fsp3) is 0.222. The molecule has 0 atom stereocenters. The van der Waals surface area contributed by atoms with Crippen LogP contribution in [0.3, 0.4) is 0 Å². The van der Waals surface area contributed by atoms with Crippen molar-refractivity contribution in [1.29, 1.82) is 5.26 Å². The van der Waals surface area contributed by atoms with Crippen LogP contribution in [0.2, 0.25) is 0 Å². The lowest BCUT2D eigenvalue weighted by atomic mass is 10.0. The van der Waals surface area contributed by atoms with Crippen LogP contribution in [0.4, 0.5) is 11.4 Å². The van der Waals surface area contributed by atoms with Gasteiger partial charge in [0, 0.05) is 30.4 Å². The van der Waals surface area contributed by atoms with Gasteiger partial charge in [0.2, 0.25) is 6.41 Å². The molecule has 0 spiro atoms. The van der Waals surface area contributed by atoms with Gasteiger partial charge < -0.3 is 9.64 Å². The lowest BCUT2D eigenvalue weighted by molar-refractivity contribution is -0.118. The van der Waals surface area contributed by atoms with Crippen molar-refractivity contribution in [1.82, 2.24) is 0 Å². The van der Waals surface area contributed by atoms with Crippen LogP contribution in [0.25, 0.3) is 11.6 Å². The van der Waals surface area contributed by atoms with Crippen LogP contribution in [-0.2, 0) is 9.59 Å². The van der Waals surface area contributed by atoms with E-state index in [9.17, 15) is 14.9 Å². The summed E-state index contributed by atoms with van der Waals surface area (Å²) in [5.41, 5.74) is 3.18. The molecule has 0 unspecified atom stereocenters. The minimum atomic E-state index is -0.445. The second-order valence-corrected chi connectivity index (χ2v) is 6.92. The number of carbonyl (C=O) groups is 2. The van der Waals surface area contributed by atoms with Gasteiger partial charge in [0.1, 0.15) is 12.4 Å². The molecule has 0 aliphatic carbocycles. The number of allylic oxidation sites excluding steroid dienone is 2. The molecule has 2 amide bonds. The average Bonchev–Trinajstić information content (AvgIpc) is 2.84. The zero-order valence-corrected chi connectivity index (χ0v) is 19.1. The summed E-state index contributed by atoms with van der Waals surface area (Å²) in [5, 5.41) is 9.78. The van der Waals surface area contributed by atoms with Crippen molar-refractivity contribution in [3.8, 4) is 24.2 Å². The first-order valence-electron chi connectivity index (χ1n) is 10.6. The van der Waals surface area contributed by atoms with Crippen LogP contribution in [-0.4, -0.2) is 32.0 Å². The SMILES string of the molecule is C#CCOc1cc(N(CC)CC)ccc1/C=C(\C#N)c1ccc(N(C=O)C(=O)/C=C\C)cc1. The highest BCUT2D eigenvalue weighted by atomic mass is 16.5. The van der Waals surface area contributed by atoms with E-state index in [0.717, 1.165) is 29.2 Å². The highest BCUT2D eigenvalue weighted by Gasteiger charge is 2.13. The van der Waals surface area contributed by atoms with Crippen molar-refractivity contribution in [3.05, 3.63) is 65.7 Å². The first-order chi connectivity index (χ1) is 16.0. The third-order valence-corrected chi connectivity index (χ3v) is 4.97. The van der Waals surface area contributed by atoms with E-state index in [4.69, 9.17) is 11.2 Å². The van der Waals surface area contributed by atoms with Gasteiger partial charge in [-0.3, -0.25) is 9.59 Å². The molecule has 0 saturated heterocycles. The Morgan fingerprint density at radius 2 is 1.79 bits per heavy atom. The van der Waals surface area contributed by atoms with E-state index >= 15 is 0 Å². The van der Waals surface area contributed by atoms with Gasteiger partial charge in [0.05, 0.1) is 17.3 Å². The van der Waals surface area contributed by atoms with Crippen molar-refractivity contribution in [2.24, 2.45) is 0 Å². The van der Waals surface area contributed by atoms with Gasteiger partial charge in [-0.25, -0.2) is 4.90 Å². The minimum Gasteiger partial charge on any atom is -0.480 e. The molecule has 0 fully saturated rings. The molecule has 33 heavy (non-hydrogen) atoms. The first-order valence-corrected chi connectivity index (χ1v) is 10.6. The minimum absolute atomic E-state index is 0.112. The summed E-state index contributed by atoms with van der Waals surface area (Å²) in [6.07, 6.45) is 10.4. The maximum Gasteiger partial charge on any atom is 0.257 e. The van der Waals surface area contributed by atoms with Gasteiger partial charge in [-0.05, 0) is 62.8 Å². The Bertz CT molecular complexity index is 1110. The molecule has 0 aliphatic rings. The summed E-state index contributed by atoms with van der Waals surface area (Å²) < 4.78 is 5.76. The normalized spacial score (nSPS) is 10.9. The summed E-state index contributed by atoms with van der Waals surface area (Å²) in [6.45, 7) is 7.67. The van der Waals surface area contributed by atoms with Gasteiger partial charge in [-0.15, -0.1) is 6.42 Å². The second kappa shape index (κ2) is 12.5. The maximum absolute atomic E-state index is 12.0. The number of nitrogens with zero attached hydrogens (tertiary/aromatic N) is 3. The van der Waals surface area contributed by atoms with Gasteiger partial charge >= 0.3 is 0 Å². The number of imide groups is 1. The highest BCUT2D eigenvalue weighted by Crippen LogP contribution is 2.30. The molecule has 0 saturated carbocycles. The van der Waals surface area contributed by atoms with Crippen molar-refractivity contribution >= 4 is 35.3 Å². The van der Waals surface area contributed by atoms with Crippen LogP contribution in [0.1, 0.15) is 31.9 Å². The van der Waals surface area contributed by atoms with E-state index in [0.29, 0.717) is 29.0 Å². The standard InChI is InChI=1S/C27H27N3O3/c1-5-9-27(32)30(20-31)24-13-10-21(11-14-24)23(19-28)17-22-12-15-25(29(7-3)8-4)18-26(22)33-16-6-2/h2,5,9-15,17-18,20H,7-8,16H2,1,3-4H3/b9-5-,23-17+. The molecular weight excluding hydrogens is 414 g/mol. The monoisotopic (exact) mass is 441 g/mol.